The van der Waals surface area contributed by atoms with E-state index in [1.807, 2.05) is 0 Å². The lowest BCUT2D eigenvalue weighted by molar-refractivity contribution is -0.127. The van der Waals surface area contributed by atoms with E-state index in [1.165, 1.54) is 0 Å². The van der Waals surface area contributed by atoms with Crippen LogP contribution in [-0.4, -0.2) is 16.3 Å². The van der Waals surface area contributed by atoms with Gasteiger partial charge in [0.15, 0.2) is 4.47 Å². The molecule has 1 rings (SSSR count). The maximum Gasteiger partial charge on any atom is 0.394 e. The van der Waals surface area contributed by atoms with Gasteiger partial charge in [-0.3, -0.25) is 4.79 Å². The first kappa shape index (κ1) is 11.8. The average Bonchev–Trinajstić information content (AvgIpc) is 2.27. The molecular weight excluding hydrogens is 259 g/mol. The van der Waals surface area contributed by atoms with E-state index in [0.717, 1.165) is 0 Å². The summed E-state index contributed by atoms with van der Waals surface area (Å²) in [6, 6.07) is 0. The van der Waals surface area contributed by atoms with Crippen molar-refractivity contribution in [3.05, 3.63) is 15.0 Å². The van der Waals surface area contributed by atoms with Gasteiger partial charge in [0.05, 0.1) is 12.1 Å². The molecule has 0 aromatic carbocycles. The number of carbonyl (C=O) groups is 1. The van der Waals surface area contributed by atoms with E-state index in [1.54, 1.807) is 0 Å². The third kappa shape index (κ3) is 3.14. The van der Waals surface area contributed by atoms with Gasteiger partial charge in [-0.2, -0.15) is 13.2 Å². The van der Waals surface area contributed by atoms with Crippen LogP contribution in [0.1, 0.15) is 15.4 Å². The molecule has 0 N–H and O–H groups in total. The summed E-state index contributed by atoms with van der Waals surface area (Å²) in [4.78, 5) is 14.0. The van der Waals surface area contributed by atoms with E-state index in [0.29, 0.717) is 11.3 Å². The number of halogens is 4. The van der Waals surface area contributed by atoms with Gasteiger partial charge in [0.1, 0.15) is 4.88 Å². The Labute approximate surface area is 91.5 Å². The monoisotopic (exact) mass is 261 g/mol. The smallest absolute Gasteiger partial charge is 0.281 e. The number of thiazole rings is 1. The largest absolute Gasteiger partial charge is 0.394 e. The summed E-state index contributed by atoms with van der Waals surface area (Å²) in [5.74, 6) is 0. The Kier molecular flexibility index (Phi) is 3.44. The third-order valence-corrected chi connectivity index (χ3v) is 2.81. The van der Waals surface area contributed by atoms with Gasteiger partial charge in [-0.1, -0.05) is 35.6 Å². The lowest BCUT2D eigenvalue weighted by atomic mass is 10.3. The van der Waals surface area contributed by atoms with Gasteiger partial charge < -0.3 is 0 Å². The molecule has 14 heavy (non-hydrogen) atoms. The summed E-state index contributed by atoms with van der Waals surface area (Å²) in [7, 11) is 0. The van der Waals surface area contributed by atoms with Gasteiger partial charge in [0.2, 0.25) is 5.12 Å². The van der Waals surface area contributed by atoms with Crippen LogP contribution in [0.2, 0.25) is 4.47 Å². The van der Waals surface area contributed by atoms with Gasteiger partial charge in [0, 0.05) is 0 Å². The molecule has 0 spiro atoms. The minimum atomic E-state index is -4.41. The number of hydrogen-bond acceptors (Lipinski definition) is 3. The second-order valence-electron chi connectivity index (χ2n) is 2.34. The standard InChI is InChI=1S/C6H3ClF3NOS2/c7-5-11-2(1-6(8,9)10)3(14-5)4(12)13/h1H2,(H,12,13). The molecule has 1 aromatic heterocycles. The van der Waals surface area contributed by atoms with Crippen molar-refractivity contribution in [3.8, 4) is 0 Å². The molecule has 0 aliphatic rings. The molecule has 0 amide bonds. The molecule has 78 valence electrons. The number of carbonyl (C=O) groups excluding carboxylic acids is 1. The highest BCUT2D eigenvalue weighted by atomic mass is 35.5. The Morgan fingerprint density at radius 3 is 2.57 bits per heavy atom. The Balaban J connectivity index is 3.02. The zero-order valence-corrected chi connectivity index (χ0v) is 8.90. The van der Waals surface area contributed by atoms with Crippen LogP contribution in [0.5, 0.6) is 0 Å². The third-order valence-electron chi connectivity index (χ3n) is 1.23. The fourth-order valence-electron chi connectivity index (χ4n) is 0.800. The van der Waals surface area contributed by atoms with Gasteiger partial charge >= 0.3 is 6.18 Å². The van der Waals surface area contributed by atoms with Crippen molar-refractivity contribution >= 4 is 40.7 Å². The van der Waals surface area contributed by atoms with Crippen molar-refractivity contribution in [1.82, 2.24) is 4.98 Å². The highest BCUT2D eigenvalue weighted by Crippen LogP contribution is 2.29. The van der Waals surface area contributed by atoms with Crippen LogP contribution >= 0.6 is 35.6 Å². The van der Waals surface area contributed by atoms with E-state index in [2.05, 4.69) is 17.6 Å². The summed E-state index contributed by atoms with van der Waals surface area (Å²) in [6.45, 7) is 0. The zero-order chi connectivity index (χ0) is 10.9. The highest BCUT2D eigenvalue weighted by Gasteiger charge is 2.31. The summed E-state index contributed by atoms with van der Waals surface area (Å²) < 4.78 is 35.8. The Morgan fingerprint density at radius 1 is 1.57 bits per heavy atom. The molecule has 2 nitrogen and oxygen atoms in total. The molecule has 8 heteroatoms. The molecule has 0 aliphatic carbocycles. The van der Waals surface area contributed by atoms with Crippen molar-refractivity contribution in [1.29, 1.82) is 0 Å². The molecule has 1 aromatic rings. The second-order valence-corrected chi connectivity index (χ2v) is 4.33. The zero-order valence-electron chi connectivity index (χ0n) is 6.43. The minimum absolute atomic E-state index is 0.0957. The number of hydrogen-bond donors (Lipinski definition) is 1. The van der Waals surface area contributed by atoms with Crippen LogP contribution < -0.4 is 0 Å². The van der Waals surface area contributed by atoms with Crippen molar-refractivity contribution in [2.45, 2.75) is 12.6 Å². The lowest BCUT2D eigenvalue weighted by Gasteiger charge is -2.03. The molecule has 0 saturated heterocycles. The molecule has 0 saturated carbocycles. The molecule has 0 radical (unpaired) electrons. The number of alkyl halides is 3. The SMILES string of the molecule is O=C(S)c1sc(Cl)nc1CC(F)(F)F. The van der Waals surface area contributed by atoms with Gasteiger partial charge in [-0.15, -0.1) is 0 Å². The fourth-order valence-corrected chi connectivity index (χ4v) is 2.05. The quantitative estimate of drug-likeness (QED) is 0.830. The normalized spacial score (nSPS) is 11.8. The molecular formula is C6H3ClF3NOS2. The molecule has 0 bridgehead atoms. The fraction of sp³-hybridized carbons (Fsp3) is 0.333. The highest BCUT2D eigenvalue weighted by molar-refractivity contribution is 7.97. The predicted molar refractivity (Wildman–Crippen MR) is 50.2 cm³/mol. The van der Waals surface area contributed by atoms with E-state index in [4.69, 9.17) is 11.6 Å². The van der Waals surface area contributed by atoms with Crippen LogP contribution in [0.25, 0.3) is 0 Å². The number of aromatic nitrogens is 1. The summed E-state index contributed by atoms with van der Waals surface area (Å²) in [5.41, 5.74) is -0.368. The van der Waals surface area contributed by atoms with Crippen LogP contribution in [0, 0.1) is 0 Å². The summed E-state index contributed by atoms with van der Waals surface area (Å²) >= 11 is 9.51. The number of rotatable bonds is 2. The second kappa shape index (κ2) is 4.08. The van der Waals surface area contributed by atoms with E-state index in [9.17, 15) is 18.0 Å². The minimum Gasteiger partial charge on any atom is -0.281 e. The van der Waals surface area contributed by atoms with Crippen molar-refractivity contribution in [2.75, 3.05) is 0 Å². The first-order valence-corrected chi connectivity index (χ1v) is 4.89. The van der Waals surface area contributed by atoms with Crippen molar-refractivity contribution in [3.63, 3.8) is 0 Å². The summed E-state index contributed by atoms with van der Waals surface area (Å²) in [5, 5.41) is -0.756. The Bertz CT molecular complexity index is 362. The Morgan fingerprint density at radius 2 is 2.14 bits per heavy atom. The van der Waals surface area contributed by atoms with Gasteiger partial charge in [-0.25, -0.2) is 4.98 Å². The lowest BCUT2D eigenvalue weighted by Crippen LogP contribution is -2.13. The number of nitrogens with zero attached hydrogens (tertiary/aromatic N) is 1. The van der Waals surface area contributed by atoms with Gasteiger partial charge in [0.25, 0.3) is 0 Å². The van der Waals surface area contributed by atoms with Crippen LogP contribution in [0.3, 0.4) is 0 Å². The molecule has 0 atom stereocenters. The topological polar surface area (TPSA) is 30.0 Å². The van der Waals surface area contributed by atoms with Crippen molar-refractivity contribution in [2.24, 2.45) is 0 Å². The van der Waals surface area contributed by atoms with Gasteiger partial charge in [-0.05, 0) is 0 Å². The van der Waals surface area contributed by atoms with E-state index >= 15 is 0 Å². The first-order chi connectivity index (χ1) is 6.29. The predicted octanol–water partition coefficient (Wildman–Crippen LogP) is 2.97. The van der Waals surface area contributed by atoms with E-state index in [-0.39, 0.29) is 15.0 Å². The molecule has 0 fully saturated rings. The molecule has 0 aliphatic heterocycles. The van der Waals surface area contributed by atoms with Crippen LogP contribution in [0.15, 0.2) is 0 Å². The van der Waals surface area contributed by atoms with E-state index < -0.39 is 17.7 Å². The average molecular weight is 262 g/mol. The molecule has 0 unspecified atom stereocenters. The van der Waals surface area contributed by atoms with Crippen LogP contribution in [0.4, 0.5) is 13.2 Å². The molecule has 1 heterocycles. The van der Waals surface area contributed by atoms with Crippen LogP contribution in [-0.2, 0) is 6.42 Å². The number of thiol groups is 1. The maximum atomic E-state index is 12.0. The Hall–Kier alpha value is -0.270. The maximum absolute atomic E-state index is 12.0. The summed E-state index contributed by atoms with van der Waals surface area (Å²) in [6.07, 6.45) is -5.67. The first-order valence-electron chi connectivity index (χ1n) is 3.25. The van der Waals surface area contributed by atoms with Crippen molar-refractivity contribution < 1.29 is 18.0 Å².